The molecule has 0 saturated heterocycles. The minimum Gasteiger partial charge on any atom is -0.375 e. The monoisotopic (exact) mass is 247 g/mol. The van der Waals surface area contributed by atoms with Crippen molar-refractivity contribution in [2.24, 2.45) is 0 Å². The van der Waals surface area contributed by atoms with Crippen LogP contribution in [0, 0.1) is 0 Å². The third-order valence-corrected chi connectivity index (χ3v) is 3.08. The first-order valence-corrected chi connectivity index (χ1v) is 6.11. The van der Waals surface area contributed by atoms with Gasteiger partial charge in [0, 0.05) is 5.38 Å². The number of nitrogens with two attached hydrogens (primary N) is 1. The summed E-state index contributed by atoms with van der Waals surface area (Å²) in [5.41, 5.74) is 6.92. The third-order valence-electron chi connectivity index (χ3n) is 2.40. The van der Waals surface area contributed by atoms with Gasteiger partial charge in [-0.2, -0.15) is 0 Å². The number of thiazole rings is 1. The van der Waals surface area contributed by atoms with Gasteiger partial charge in [-0.25, -0.2) is 4.98 Å². The lowest BCUT2D eigenvalue weighted by Crippen LogP contribution is -2.26. The molecule has 0 radical (unpaired) electrons. The van der Waals surface area contributed by atoms with Crippen molar-refractivity contribution in [2.45, 2.75) is 13.0 Å². The highest BCUT2D eigenvalue weighted by Crippen LogP contribution is 2.14. The molecule has 1 atom stereocenters. The highest BCUT2D eigenvalue weighted by molar-refractivity contribution is 7.13. The van der Waals surface area contributed by atoms with Crippen molar-refractivity contribution < 1.29 is 4.79 Å². The van der Waals surface area contributed by atoms with Gasteiger partial charge in [-0.1, -0.05) is 30.3 Å². The van der Waals surface area contributed by atoms with Gasteiger partial charge >= 0.3 is 0 Å². The molecule has 1 amide bonds. The van der Waals surface area contributed by atoms with Gasteiger partial charge in [-0.3, -0.25) is 4.79 Å². The highest BCUT2D eigenvalue weighted by Gasteiger charge is 2.13. The number of rotatable bonds is 3. The Kier molecular flexibility index (Phi) is 3.39. The lowest BCUT2D eigenvalue weighted by atomic mass is 10.1. The van der Waals surface area contributed by atoms with Crippen molar-refractivity contribution in [3.05, 3.63) is 47.0 Å². The summed E-state index contributed by atoms with van der Waals surface area (Å²) >= 11 is 1.26. The van der Waals surface area contributed by atoms with E-state index in [1.54, 1.807) is 5.38 Å². The predicted octanol–water partition coefficient (Wildman–Crippen LogP) is 2.22. The summed E-state index contributed by atoms with van der Waals surface area (Å²) in [6, 6.07) is 9.73. The molecule has 0 aliphatic rings. The Hall–Kier alpha value is -1.88. The molecule has 5 heteroatoms. The van der Waals surface area contributed by atoms with Crippen LogP contribution in [0.25, 0.3) is 0 Å². The van der Waals surface area contributed by atoms with Gasteiger partial charge < -0.3 is 11.1 Å². The van der Waals surface area contributed by atoms with E-state index in [1.807, 2.05) is 37.3 Å². The maximum absolute atomic E-state index is 11.8. The van der Waals surface area contributed by atoms with E-state index in [2.05, 4.69) is 10.3 Å². The van der Waals surface area contributed by atoms with Gasteiger partial charge in [0.2, 0.25) is 0 Å². The average Bonchev–Trinajstić information content (AvgIpc) is 2.77. The summed E-state index contributed by atoms with van der Waals surface area (Å²) in [5.74, 6) is -0.200. The van der Waals surface area contributed by atoms with Crippen LogP contribution in [0.2, 0.25) is 0 Å². The maximum Gasteiger partial charge on any atom is 0.271 e. The van der Waals surface area contributed by atoms with Crippen LogP contribution in [-0.4, -0.2) is 10.9 Å². The van der Waals surface area contributed by atoms with Crippen LogP contribution < -0.4 is 11.1 Å². The van der Waals surface area contributed by atoms with Crippen LogP contribution in [0.5, 0.6) is 0 Å². The molecular formula is C12H13N3OS. The Morgan fingerprint density at radius 2 is 2.12 bits per heavy atom. The molecule has 0 fully saturated rings. The van der Waals surface area contributed by atoms with Gasteiger partial charge in [0.25, 0.3) is 5.91 Å². The van der Waals surface area contributed by atoms with Crippen molar-refractivity contribution in [3.63, 3.8) is 0 Å². The minimum atomic E-state index is -0.200. The number of carbonyl (C=O) groups excluding carboxylic acids is 1. The summed E-state index contributed by atoms with van der Waals surface area (Å²) in [4.78, 5) is 15.8. The lowest BCUT2D eigenvalue weighted by Gasteiger charge is -2.13. The number of amides is 1. The Balaban J connectivity index is 2.04. The molecule has 0 spiro atoms. The first-order valence-electron chi connectivity index (χ1n) is 5.23. The van der Waals surface area contributed by atoms with E-state index in [1.165, 1.54) is 11.3 Å². The molecule has 0 aliphatic carbocycles. The fourth-order valence-corrected chi connectivity index (χ4v) is 2.03. The molecule has 1 aromatic carbocycles. The normalized spacial score (nSPS) is 12.1. The molecule has 0 saturated carbocycles. The van der Waals surface area contributed by atoms with E-state index in [0.717, 1.165) is 5.56 Å². The number of aromatic nitrogens is 1. The fourth-order valence-electron chi connectivity index (χ4n) is 1.49. The van der Waals surface area contributed by atoms with Crippen molar-refractivity contribution in [1.29, 1.82) is 0 Å². The largest absolute Gasteiger partial charge is 0.375 e. The quantitative estimate of drug-likeness (QED) is 0.873. The molecule has 1 unspecified atom stereocenters. The number of anilines is 1. The van der Waals surface area contributed by atoms with E-state index >= 15 is 0 Å². The molecule has 3 N–H and O–H groups in total. The molecule has 0 bridgehead atoms. The minimum absolute atomic E-state index is 0.0494. The van der Waals surface area contributed by atoms with Crippen molar-refractivity contribution in [2.75, 3.05) is 5.73 Å². The molecule has 1 aromatic heterocycles. The average molecular weight is 247 g/mol. The molecule has 1 heterocycles. The highest BCUT2D eigenvalue weighted by atomic mass is 32.1. The molecule has 2 rings (SSSR count). The first-order chi connectivity index (χ1) is 8.16. The molecule has 88 valence electrons. The van der Waals surface area contributed by atoms with E-state index in [-0.39, 0.29) is 11.9 Å². The number of benzene rings is 1. The summed E-state index contributed by atoms with van der Waals surface area (Å²) in [5, 5.41) is 4.94. The third kappa shape index (κ3) is 2.82. The van der Waals surface area contributed by atoms with Crippen molar-refractivity contribution in [1.82, 2.24) is 10.3 Å². The summed E-state index contributed by atoms with van der Waals surface area (Å²) in [6.45, 7) is 1.93. The number of hydrogen-bond acceptors (Lipinski definition) is 4. The topological polar surface area (TPSA) is 68.0 Å². The molecule has 17 heavy (non-hydrogen) atoms. The number of nitrogens with zero attached hydrogens (tertiary/aromatic N) is 1. The van der Waals surface area contributed by atoms with Crippen molar-refractivity contribution >= 4 is 22.4 Å². The summed E-state index contributed by atoms with van der Waals surface area (Å²) < 4.78 is 0. The SMILES string of the molecule is CC(NC(=O)c1csc(N)n1)c1ccccc1. The smallest absolute Gasteiger partial charge is 0.271 e. The maximum atomic E-state index is 11.8. The van der Waals surface area contributed by atoms with Gasteiger partial charge in [0.15, 0.2) is 5.13 Å². The van der Waals surface area contributed by atoms with E-state index in [4.69, 9.17) is 5.73 Å². The van der Waals surface area contributed by atoms with Crippen LogP contribution in [0.3, 0.4) is 0 Å². The fraction of sp³-hybridized carbons (Fsp3) is 0.167. The number of nitrogen functional groups attached to an aromatic ring is 1. The van der Waals surface area contributed by atoms with E-state index in [9.17, 15) is 4.79 Å². The van der Waals surface area contributed by atoms with E-state index in [0.29, 0.717) is 10.8 Å². The second-order valence-electron chi connectivity index (χ2n) is 3.68. The number of hydrogen-bond donors (Lipinski definition) is 2. The van der Waals surface area contributed by atoms with Crippen LogP contribution in [-0.2, 0) is 0 Å². The Bertz CT molecular complexity index is 509. The second kappa shape index (κ2) is 4.97. The van der Waals surface area contributed by atoms with Gasteiger partial charge in [-0.05, 0) is 12.5 Å². The summed E-state index contributed by atoms with van der Waals surface area (Å²) in [6.07, 6.45) is 0. The first kappa shape index (κ1) is 11.6. The number of carbonyl (C=O) groups is 1. The van der Waals surface area contributed by atoms with Gasteiger partial charge in [-0.15, -0.1) is 11.3 Å². The Morgan fingerprint density at radius 3 is 2.71 bits per heavy atom. The predicted molar refractivity (Wildman–Crippen MR) is 68.8 cm³/mol. The molecule has 2 aromatic rings. The van der Waals surface area contributed by atoms with Crippen LogP contribution in [0.1, 0.15) is 29.0 Å². The zero-order valence-corrected chi connectivity index (χ0v) is 10.2. The molecular weight excluding hydrogens is 234 g/mol. The zero-order valence-electron chi connectivity index (χ0n) is 9.38. The lowest BCUT2D eigenvalue weighted by molar-refractivity contribution is 0.0935. The molecule has 0 aliphatic heterocycles. The van der Waals surface area contributed by atoms with Crippen molar-refractivity contribution in [3.8, 4) is 0 Å². The standard InChI is InChI=1S/C12H13N3OS/c1-8(9-5-3-2-4-6-9)14-11(16)10-7-17-12(13)15-10/h2-8H,1H3,(H2,13,15)(H,14,16). The van der Waals surface area contributed by atoms with Crippen LogP contribution in [0.4, 0.5) is 5.13 Å². The molecule has 4 nitrogen and oxygen atoms in total. The van der Waals surface area contributed by atoms with Crippen LogP contribution in [0.15, 0.2) is 35.7 Å². The second-order valence-corrected chi connectivity index (χ2v) is 4.57. The summed E-state index contributed by atoms with van der Waals surface area (Å²) in [7, 11) is 0. The Morgan fingerprint density at radius 1 is 1.41 bits per heavy atom. The zero-order chi connectivity index (χ0) is 12.3. The number of nitrogens with one attached hydrogen (secondary N) is 1. The van der Waals surface area contributed by atoms with Gasteiger partial charge in [0.1, 0.15) is 5.69 Å². The van der Waals surface area contributed by atoms with E-state index < -0.39 is 0 Å². The van der Waals surface area contributed by atoms with Gasteiger partial charge in [0.05, 0.1) is 6.04 Å². The Labute approximate surface area is 103 Å². The van der Waals surface area contributed by atoms with Crippen LogP contribution >= 0.6 is 11.3 Å².